The summed E-state index contributed by atoms with van der Waals surface area (Å²) in [5, 5.41) is 1.81. The highest BCUT2D eigenvalue weighted by molar-refractivity contribution is 14.1. The number of hydrogen-bond acceptors (Lipinski definition) is 2. The Balaban J connectivity index is 2.37. The number of alkyl halides is 3. The van der Waals surface area contributed by atoms with Crippen molar-refractivity contribution in [3.8, 4) is 0 Å². The van der Waals surface area contributed by atoms with E-state index in [1.54, 1.807) is 12.1 Å². The molecule has 0 amide bonds. The first-order valence-electron chi connectivity index (χ1n) is 5.29. The molecule has 0 saturated carbocycles. The van der Waals surface area contributed by atoms with Gasteiger partial charge in [0.2, 0.25) is 3.79 Å². The van der Waals surface area contributed by atoms with Gasteiger partial charge in [-0.25, -0.2) is 4.79 Å². The summed E-state index contributed by atoms with van der Waals surface area (Å²) in [7, 11) is 0. The molecule has 100 valence electrons. The molecular formula is C13H8Cl3IO2. The molecule has 0 N–H and O–H groups in total. The van der Waals surface area contributed by atoms with Gasteiger partial charge in [0.05, 0.1) is 5.56 Å². The van der Waals surface area contributed by atoms with Crippen LogP contribution in [0.4, 0.5) is 0 Å². The largest absolute Gasteiger partial charge is 0.458 e. The minimum Gasteiger partial charge on any atom is -0.458 e. The van der Waals surface area contributed by atoms with Crippen LogP contribution in [0.15, 0.2) is 36.4 Å². The standard InChI is InChI=1S/C13H8Cl3IO2/c14-13(15,16)7-19-12(18)9-5-1-3-8-4-2-6-10(17)11(8)9/h1-6H,7H2. The number of esters is 1. The van der Waals surface area contributed by atoms with Crippen molar-refractivity contribution >= 4 is 74.1 Å². The fourth-order valence-corrected chi connectivity index (χ4v) is 2.66. The number of rotatable bonds is 2. The van der Waals surface area contributed by atoms with Crippen molar-refractivity contribution < 1.29 is 9.53 Å². The maximum atomic E-state index is 12.1. The summed E-state index contributed by atoms with van der Waals surface area (Å²) >= 11 is 18.9. The van der Waals surface area contributed by atoms with E-state index in [0.717, 1.165) is 14.3 Å². The Hall–Kier alpha value is -0.230. The van der Waals surface area contributed by atoms with Crippen molar-refractivity contribution in [3.05, 3.63) is 45.5 Å². The summed E-state index contributed by atoms with van der Waals surface area (Å²) in [6.45, 7) is -0.281. The van der Waals surface area contributed by atoms with Crippen LogP contribution in [-0.2, 0) is 4.74 Å². The molecule has 2 nitrogen and oxygen atoms in total. The Kier molecular flexibility index (Phi) is 4.82. The Morgan fingerprint density at radius 2 is 1.79 bits per heavy atom. The maximum Gasteiger partial charge on any atom is 0.338 e. The zero-order chi connectivity index (χ0) is 14.0. The Morgan fingerprint density at radius 1 is 1.16 bits per heavy atom. The quantitative estimate of drug-likeness (QED) is 0.383. The van der Waals surface area contributed by atoms with E-state index < -0.39 is 9.76 Å². The topological polar surface area (TPSA) is 26.3 Å². The molecule has 0 aromatic heterocycles. The lowest BCUT2D eigenvalue weighted by atomic mass is 10.0. The molecule has 0 bridgehead atoms. The van der Waals surface area contributed by atoms with Crippen LogP contribution in [0.2, 0.25) is 0 Å². The van der Waals surface area contributed by atoms with Crippen molar-refractivity contribution in [2.75, 3.05) is 6.61 Å². The number of hydrogen-bond donors (Lipinski definition) is 0. The summed E-state index contributed by atoms with van der Waals surface area (Å²) in [5.41, 5.74) is 0.469. The smallest absolute Gasteiger partial charge is 0.338 e. The van der Waals surface area contributed by atoms with Crippen LogP contribution in [0, 0.1) is 3.57 Å². The van der Waals surface area contributed by atoms with Crippen LogP contribution in [0.3, 0.4) is 0 Å². The summed E-state index contributed by atoms with van der Waals surface area (Å²) < 4.78 is 4.38. The summed E-state index contributed by atoms with van der Waals surface area (Å²) in [6.07, 6.45) is 0. The van der Waals surface area contributed by atoms with Gasteiger partial charge < -0.3 is 4.74 Å². The van der Waals surface area contributed by atoms with Crippen molar-refractivity contribution in [2.24, 2.45) is 0 Å². The molecule has 0 atom stereocenters. The highest BCUT2D eigenvalue weighted by Gasteiger charge is 2.23. The van der Waals surface area contributed by atoms with E-state index in [1.165, 1.54) is 0 Å². The Morgan fingerprint density at radius 3 is 2.42 bits per heavy atom. The number of carbonyl (C=O) groups excluding carboxylic acids is 1. The van der Waals surface area contributed by atoms with Gasteiger partial charge in [-0.05, 0) is 40.1 Å². The van der Waals surface area contributed by atoms with E-state index in [4.69, 9.17) is 39.5 Å². The van der Waals surface area contributed by atoms with Crippen molar-refractivity contribution in [3.63, 3.8) is 0 Å². The van der Waals surface area contributed by atoms with Gasteiger partial charge in [0.25, 0.3) is 0 Å². The Labute approximate surface area is 139 Å². The molecule has 19 heavy (non-hydrogen) atoms. The number of ether oxygens (including phenoxy) is 1. The van der Waals surface area contributed by atoms with E-state index in [0.29, 0.717) is 5.56 Å². The maximum absolute atomic E-state index is 12.1. The molecule has 0 aliphatic heterocycles. The predicted octanol–water partition coefficient (Wildman–Crippen LogP) is 4.97. The minimum absolute atomic E-state index is 0.281. The third-order valence-corrected chi connectivity index (χ3v) is 3.67. The van der Waals surface area contributed by atoms with E-state index in [-0.39, 0.29) is 6.61 Å². The molecule has 0 aliphatic rings. The van der Waals surface area contributed by atoms with E-state index in [2.05, 4.69) is 22.6 Å². The molecule has 2 rings (SSSR count). The van der Waals surface area contributed by atoms with Crippen LogP contribution in [0.25, 0.3) is 10.8 Å². The van der Waals surface area contributed by atoms with Crippen LogP contribution in [-0.4, -0.2) is 16.4 Å². The molecule has 0 fully saturated rings. The highest BCUT2D eigenvalue weighted by atomic mass is 127. The van der Waals surface area contributed by atoms with Gasteiger partial charge in [0, 0.05) is 8.96 Å². The molecule has 0 spiro atoms. The molecule has 2 aromatic carbocycles. The third kappa shape index (κ3) is 3.88. The summed E-state index contributed by atoms with van der Waals surface area (Å²) in [4.78, 5) is 12.1. The minimum atomic E-state index is -1.60. The van der Waals surface area contributed by atoms with Gasteiger partial charge in [-0.2, -0.15) is 0 Å². The molecule has 0 unspecified atom stereocenters. The van der Waals surface area contributed by atoms with Crippen LogP contribution >= 0.6 is 57.4 Å². The molecule has 0 saturated heterocycles. The summed E-state index contributed by atoms with van der Waals surface area (Å²) in [6, 6.07) is 11.2. The molecule has 6 heteroatoms. The van der Waals surface area contributed by atoms with Gasteiger partial charge in [-0.15, -0.1) is 0 Å². The fraction of sp³-hybridized carbons (Fsp3) is 0.154. The second kappa shape index (κ2) is 6.04. The first-order valence-corrected chi connectivity index (χ1v) is 7.51. The SMILES string of the molecule is O=C(OCC(Cl)(Cl)Cl)c1cccc2cccc(I)c12. The Bertz CT molecular complexity index is 618. The second-order valence-electron chi connectivity index (χ2n) is 3.83. The molecule has 2 aromatic rings. The lowest BCUT2D eigenvalue weighted by Gasteiger charge is -2.12. The lowest BCUT2D eigenvalue weighted by Crippen LogP contribution is -2.17. The second-order valence-corrected chi connectivity index (χ2v) is 7.51. The van der Waals surface area contributed by atoms with E-state index in [1.807, 2.05) is 24.3 Å². The van der Waals surface area contributed by atoms with Crippen LogP contribution in [0.1, 0.15) is 10.4 Å². The van der Waals surface area contributed by atoms with Gasteiger partial charge in [0.1, 0.15) is 6.61 Å². The fourth-order valence-electron chi connectivity index (χ4n) is 1.69. The van der Waals surface area contributed by atoms with Crippen molar-refractivity contribution in [2.45, 2.75) is 3.79 Å². The van der Waals surface area contributed by atoms with E-state index in [9.17, 15) is 4.79 Å². The first-order chi connectivity index (χ1) is 8.88. The zero-order valence-electron chi connectivity index (χ0n) is 9.50. The highest BCUT2D eigenvalue weighted by Crippen LogP contribution is 2.28. The molecule has 0 aliphatic carbocycles. The van der Waals surface area contributed by atoms with Crippen LogP contribution < -0.4 is 0 Å². The molecule has 0 radical (unpaired) electrons. The van der Waals surface area contributed by atoms with Gasteiger partial charge in [-0.3, -0.25) is 0 Å². The van der Waals surface area contributed by atoms with E-state index >= 15 is 0 Å². The molecular weight excluding hydrogens is 421 g/mol. The van der Waals surface area contributed by atoms with Crippen molar-refractivity contribution in [1.82, 2.24) is 0 Å². The number of benzene rings is 2. The monoisotopic (exact) mass is 428 g/mol. The number of halogens is 4. The number of carbonyl (C=O) groups is 1. The molecule has 0 heterocycles. The number of fused-ring (bicyclic) bond motifs is 1. The predicted molar refractivity (Wildman–Crippen MR) is 87.2 cm³/mol. The van der Waals surface area contributed by atoms with Gasteiger partial charge >= 0.3 is 5.97 Å². The average molecular weight is 429 g/mol. The third-order valence-electron chi connectivity index (χ3n) is 2.44. The lowest BCUT2D eigenvalue weighted by molar-refractivity contribution is 0.0514. The average Bonchev–Trinajstić information content (AvgIpc) is 2.35. The van der Waals surface area contributed by atoms with Gasteiger partial charge in [-0.1, -0.05) is 59.1 Å². The van der Waals surface area contributed by atoms with Crippen molar-refractivity contribution in [1.29, 1.82) is 0 Å². The van der Waals surface area contributed by atoms with Crippen LogP contribution in [0.5, 0.6) is 0 Å². The zero-order valence-corrected chi connectivity index (χ0v) is 13.9. The van der Waals surface area contributed by atoms with Gasteiger partial charge in [0.15, 0.2) is 0 Å². The summed E-state index contributed by atoms with van der Waals surface area (Å²) in [5.74, 6) is -0.499. The normalized spacial score (nSPS) is 11.6. The first kappa shape index (κ1) is 15.2.